The van der Waals surface area contributed by atoms with E-state index in [4.69, 9.17) is 5.73 Å². The molecule has 0 saturated heterocycles. The van der Waals surface area contributed by atoms with Crippen molar-refractivity contribution in [2.75, 3.05) is 32.0 Å². The molecule has 0 radical (unpaired) electrons. The van der Waals surface area contributed by atoms with Gasteiger partial charge in [0.15, 0.2) is 0 Å². The number of allylic oxidation sites excluding steroid dienone is 1. The van der Waals surface area contributed by atoms with E-state index in [1.54, 1.807) is 20.2 Å². The zero-order chi connectivity index (χ0) is 23.3. The van der Waals surface area contributed by atoms with Gasteiger partial charge in [0, 0.05) is 81.7 Å². The lowest BCUT2D eigenvalue weighted by Gasteiger charge is -2.35. The molecule has 2 aliphatic rings. The first-order valence-electron chi connectivity index (χ1n) is 11.1. The molecule has 6 nitrogen and oxygen atoms in total. The van der Waals surface area contributed by atoms with Gasteiger partial charge in [-0.05, 0) is 29.7 Å². The molecule has 1 aromatic carbocycles. The smallest absolute Gasteiger partial charge is 0.253 e. The standard InChI is InChI=1S/C24H33F2N5O/c1-4-22(30-20-7-5-17(6-8-20)18(12-27)13-28-3)21-15-31(16(2)32)10-9-23(21)29-14-19-11-24(19,25)26/h5-8,12-13,19,22,29-30H,4,9-11,14-15,27H2,1-3H3. The number of hydrogen-bond acceptors (Lipinski definition) is 5. The zero-order valence-electron chi connectivity index (χ0n) is 19.0. The summed E-state index contributed by atoms with van der Waals surface area (Å²) in [5.41, 5.74) is 10.5. The van der Waals surface area contributed by atoms with Crippen LogP contribution in [0.5, 0.6) is 0 Å². The first kappa shape index (κ1) is 23.8. The van der Waals surface area contributed by atoms with Crippen LogP contribution in [0.3, 0.4) is 0 Å². The minimum absolute atomic E-state index is 0.0214. The summed E-state index contributed by atoms with van der Waals surface area (Å²) >= 11 is 0. The Kier molecular flexibility index (Phi) is 7.53. The molecule has 1 heterocycles. The van der Waals surface area contributed by atoms with Crippen molar-refractivity contribution in [2.24, 2.45) is 16.6 Å². The lowest BCUT2D eigenvalue weighted by molar-refractivity contribution is -0.128. The van der Waals surface area contributed by atoms with Gasteiger partial charge in [-0.25, -0.2) is 8.78 Å². The molecule has 32 heavy (non-hydrogen) atoms. The number of anilines is 1. The van der Waals surface area contributed by atoms with Crippen LogP contribution < -0.4 is 16.4 Å². The SMILES string of the molecule is CCC(Nc1ccc(C(C=NC)=CN)cc1)C1=C(NCC2CC2(F)F)CCN(C(C)=O)C1. The molecule has 1 aliphatic heterocycles. The number of carbonyl (C=O) groups is 1. The fraction of sp³-hybridized carbons (Fsp3) is 0.500. The second kappa shape index (κ2) is 10.1. The van der Waals surface area contributed by atoms with Crippen LogP contribution >= 0.6 is 0 Å². The predicted molar refractivity (Wildman–Crippen MR) is 126 cm³/mol. The van der Waals surface area contributed by atoms with E-state index in [-0.39, 0.29) is 24.9 Å². The van der Waals surface area contributed by atoms with Crippen molar-refractivity contribution in [3.63, 3.8) is 0 Å². The van der Waals surface area contributed by atoms with Crippen molar-refractivity contribution in [3.05, 3.63) is 47.3 Å². The molecule has 8 heteroatoms. The van der Waals surface area contributed by atoms with Gasteiger partial charge in [0.05, 0.1) is 6.04 Å². The fourth-order valence-electron chi connectivity index (χ4n) is 4.06. The van der Waals surface area contributed by atoms with E-state index in [1.165, 1.54) is 6.20 Å². The Morgan fingerprint density at radius 3 is 2.59 bits per heavy atom. The van der Waals surface area contributed by atoms with Crippen molar-refractivity contribution in [2.45, 2.75) is 45.1 Å². The van der Waals surface area contributed by atoms with E-state index >= 15 is 0 Å². The average molecular weight is 446 g/mol. The maximum atomic E-state index is 13.4. The molecule has 0 spiro atoms. The number of rotatable bonds is 9. The van der Waals surface area contributed by atoms with E-state index in [2.05, 4.69) is 22.5 Å². The number of alkyl halides is 2. The second-order valence-corrected chi connectivity index (χ2v) is 8.43. The molecule has 0 bridgehead atoms. The van der Waals surface area contributed by atoms with E-state index in [1.807, 2.05) is 29.2 Å². The van der Waals surface area contributed by atoms with Crippen LogP contribution in [-0.4, -0.2) is 55.7 Å². The summed E-state index contributed by atoms with van der Waals surface area (Å²) < 4.78 is 26.7. The van der Waals surface area contributed by atoms with Crippen molar-refractivity contribution < 1.29 is 13.6 Å². The van der Waals surface area contributed by atoms with Gasteiger partial charge in [-0.15, -0.1) is 0 Å². The van der Waals surface area contributed by atoms with E-state index in [0.29, 0.717) is 19.5 Å². The predicted octanol–water partition coefficient (Wildman–Crippen LogP) is 3.63. The number of nitrogens with zero attached hydrogens (tertiary/aromatic N) is 2. The molecule has 1 saturated carbocycles. The Morgan fingerprint density at radius 1 is 1.38 bits per heavy atom. The van der Waals surface area contributed by atoms with Crippen LogP contribution in [0.4, 0.5) is 14.5 Å². The van der Waals surface area contributed by atoms with Crippen LogP contribution in [-0.2, 0) is 4.79 Å². The number of halogens is 2. The molecule has 3 rings (SSSR count). The lowest BCUT2D eigenvalue weighted by atomic mass is 9.96. The number of aliphatic imine (C=N–C) groups is 1. The normalized spacial score (nSPS) is 21.6. The van der Waals surface area contributed by atoms with Gasteiger partial charge in [-0.3, -0.25) is 9.79 Å². The van der Waals surface area contributed by atoms with Gasteiger partial charge in [0.25, 0.3) is 5.92 Å². The van der Waals surface area contributed by atoms with Gasteiger partial charge in [-0.2, -0.15) is 0 Å². The molecule has 1 fully saturated rings. The summed E-state index contributed by atoms with van der Waals surface area (Å²) in [5, 5.41) is 6.84. The molecule has 174 valence electrons. The molecular weight excluding hydrogens is 412 g/mol. The number of amides is 1. The highest BCUT2D eigenvalue weighted by molar-refractivity contribution is 6.09. The first-order chi connectivity index (χ1) is 15.3. The molecule has 1 aromatic rings. The maximum absolute atomic E-state index is 13.4. The molecule has 2 atom stereocenters. The number of carbonyl (C=O) groups excluding carboxylic acids is 1. The summed E-state index contributed by atoms with van der Waals surface area (Å²) in [4.78, 5) is 17.8. The minimum Gasteiger partial charge on any atom is -0.404 e. The monoisotopic (exact) mass is 445 g/mol. The van der Waals surface area contributed by atoms with E-state index in [0.717, 1.165) is 34.5 Å². The fourth-order valence-corrected chi connectivity index (χ4v) is 4.06. The van der Waals surface area contributed by atoms with Crippen LogP contribution in [0.15, 0.2) is 46.7 Å². The zero-order valence-corrected chi connectivity index (χ0v) is 19.0. The quantitative estimate of drug-likeness (QED) is 0.507. The van der Waals surface area contributed by atoms with Gasteiger partial charge in [0.2, 0.25) is 5.91 Å². The Balaban J connectivity index is 1.78. The summed E-state index contributed by atoms with van der Waals surface area (Å²) in [5.74, 6) is -3.12. The molecule has 2 unspecified atom stereocenters. The van der Waals surface area contributed by atoms with Gasteiger partial charge in [-0.1, -0.05) is 19.1 Å². The summed E-state index contributed by atoms with van der Waals surface area (Å²) in [6, 6.07) is 7.89. The maximum Gasteiger partial charge on any atom is 0.253 e. The Morgan fingerprint density at radius 2 is 2.06 bits per heavy atom. The van der Waals surface area contributed by atoms with Crippen LogP contribution in [0, 0.1) is 5.92 Å². The van der Waals surface area contributed by atoms with Crippen molar-refractivity contribution in [1.82, 2.24) is 10.2 Å². The van der Waals surface area contributed by atoms with E-state index in [9.17, 15) is 13.6 Å². The van der Waals surface area contributed by atoms with Gasteiger partial charge >= 0.3 is 0 Å². The topological polar surface area (TPSA) is 82.8 Å². The molecule has 1 aliphatic carbocycles. The molecular formula is C24H33F2N5O. The van der Waals surface area contributed by atoms with Crippen molar-refractivity contribution in [3.8, 4) is 0 Å². The lowest BCUT2D eigenvalue weighted by Crippen LogP contribution is -2.42. The molecule has 4 N–H and O–H groups in total. The molecule has 0 aromatic heterocycles. The number of hydrogen-bond donors (Lipinski definition) is 3. The highest BCUT2D eigenvalue weighted by Gasteiger charge is 2.56. The summed E-state index contributed by atoms with van der Waals surface area (Å²) in [6.07, 6.45) is 4.62. The van der Waals surface area contributed by atoms with Crippen LogP contribution in [0.2, 0.25) is 0 Å². The van der Waals surface area contributed by atoms with Gasteiger partial charge in [0.1, 0.15) is 0 Å². The van der Waals surface area contributed by atoms with Crippen molar-refractivity contribution in [1.29, 1.82) is 0 Å². The Labute approximate surface area is 188 Å². The summed E-state index contributed by atoms with van der Waals surface area (Å²) in [7, 11) is 1.70. The van der Waals surface area contributed by atoms with Crippen LogP contribution in [0.1, 0.15) is 38.7 Å². The van der Waals surface area contributed by atoms with Gasteiger partial charge < -0.3 is 21.3 Å². The third kappa shape index (κ3) is 5.66. The largest absolute Gasteiger partial charge is 0.404 e. The Bertz CT molecular complexity index is 907. The molecule has 1 amide bonds. The van der Waals surface area contributed by atoms with Crippen LogP contribution in [0.25, 0.3) is 5.57 Å². The third-order valence-electron chi connectivity index (χ3n) is 6.18. The number of benzene rings is 1. The highest BCUT2D eigenvalue weighted by atomic mass is 19.3. The third-order valence-corrected chi connectivity index (χ3v) is 6.18. The first-order valence-corrected chi connectivity index (χ1v) is 11.1. The summed E-state index contributed by atoms with van der Waals surface area (Å²) in [6.45, 7) is 5.00. The van der Waals surface area contributed by atoms with E-state index < -0.39 is 11.8 Å². The minimum atomic E-state index is -2.54. The average Bonchev–Trinajstić information content (AvgIpc) is 3.41. The Hall–Kier alpha value is -2.90. The number of nitrogens with two attached hydrogens (primary N) is 1. The number of nitrogens with one attached hydrogen (secondary N) is 2. The highest BCUT2D eigenvalue weighted by Crippen LogP contribution is 2.48. The second-order valence-electron chi connectivity index (χ2n) is 8.43. The van der Waals surface area contributed by atoms with Crippen molar-refractivity contribution >= 4 is 23.4 Å².